The van der Waals surface area contributed by atoms with Crippen LogP contribution in [0.2, 0.25) is 0 Å². The fraction of sp³-hybridized carbons (Fsp3) is 0.188. The summed E-state index contributed by atoms with van der Waals surface area (Å²) in [6.07, 6.45) is 0. The van der Waals surface area contributed by atoms with Crippen LogP contribution in [0, 0.1) is 0 Å². The number of ether oxygens (including phenoxy) is 1. The van der Waals surface area contributed by atoms with Crippen molar-refractivity contribution in [2.75, 3.05) is 24.3 Å². The summed E-state index contributed by atoms with van der Waals surface area (Å²) in [5.74, 6) is 0.151. The summed E-state index contributed by atoms with van der Waals surface area (Å²) >= 11 is 0. The second kappa shape index (κ2) is 6.17. The third kappa shape index (κ3) is 3.08. The highest BCUT2D eigenvalue weighted by Gasteiger charge is 2.20. The number of nitrogens with zero attached hydrogens (tertiary/aromatic N) is 1. The van der Waals surface area contributed by atoms with Crippen LogP contribution in [0.4, 0.5) is 11.4 Å². The number of methoxy groups -OCH3 is 1. The highest BCUT2D eigenvalue weighted by Crippen LogP contribution is 2.26. The first-order valence-corrected chi connectivity index (χ1v) is 6.61. The van der Waals surface area contributed by atoms with E-state index in [1.54, 1.807) is 35.2 Å². The molecule has 5 heteroatoms. The number of anilines is 2. The number of nitrogens with two attached hydrogens (primary N) is 1. The molecule has 0 atom stereocenters. The zero-order chi connectivity index (χ0) is 15.4. The van der Waals surface area contributed by atoms with Crippen LogP contribution in [0.25, 0.3) is 0 Å². The summed E-state index contributed by atoms with van der Waals surface area (Å²) in [5.41, 5.74) is 7.21. The summed E-state index contributed by atoms with van der Waals surface area (Å²) < 4.78 is 5.10. The SMILES string of the molecule is CCN(C(=O)c1cc(OC)ccc1O)c1ccc(N)cc1. The van der Waals surface area contributed by atoms with Gasteiger partial charge in [-0.15, -0.1) is 0 Å². The van der Waals surface area contributed by atoms with Gasteiger partial charge in [-0.25, -0.2) is 0 Å². The molecule has 3 N–H and O–H groups in total. The van der Waals surface area contributed by atoms with Crippen molar-refractivity contribution in [3.05, 3.63) is 48.0 Å². The number of hydrogen-bond donors (Lipinski definition) is 2. The molecule has 5 nitrogen and oxygen atoms in total. The number of nitrogen functional groups attached to an aromatic ring is 1. The van der Waals surface area contributed by atoms with E-state index in [9.17, 15) is 9.90 Å². The number of aromatic hydroxyl groups is 1. The average Bonchev–Trinajstić information content (AvgIpc) is 2.50. The van der Waals surface area contributed by atoms with E-state index in [2.05, 4.69) is 0 Å². The zero-order valence-corrected chi connectivity index (χ0v) is 12.0. The first-order valence-electron chi connectivity index (χ1n) is 6.61. The Morgan fingerprint density at radius 2 is 1.90 bits per heavy atom. The largest absolute Gasteiger partial charge is 0.507 e. The molecule has 0 unspecified atom stereocenters. The summed E-state index contributed by atoms with van der Waals surface area (Å²) in [6.45, 7) is 2.34. The van der Waals surface area contributed by atoms with E-state index in [0.29, 0.717) is 18.0 Å². The number of phenolic OH excluding ortho intramolecular Hbond substituents is 1. The minimum Gasteiger partial charge on any atom is -0.507 e. The molecular weight excluding hydrogens is 268 g/mol. The highest BCUT2D eigenvalue weighted by atomic mass is 16.5. The Labute approximate surface area is 123 Å². The molecule has 0 heterocycles. The van der Waals surface area contributed by atoms with E-state index in [-0.39, 0.29) is 17.2 Å². The normalized spacial score (nSPS) is 10.2. The molecule has 0 saturated heterocycles. The van der Waals surface area contributed by atoms with Gasteiger partial charge in [-0.3, -0.25) is 4.79 Å². The molecule has 0 spiro atoms. The molecule has 0 bridgehead atoms. The Kier molecular flexibility index (Phi) is 4.33. The maximum atomic E-state index is 12.6. The molecule has 2 aromatic carbocycles. The summed E-state index contributed by atoms with van der Waals surface area (Å²) in [7, 11) is 1.51. The van der Waals surface area contributed by atoms with Gasteiger partial charge in [0.1, 0.15) is 11.5 Å². The maximum absolute atomic E-state index is 12.6. The lowest BCUT2D eigenvalue weighted by Crippen LogP contribution is -2.30. The van der Waals surface area contributed by atoms with Gasteiger partial charge in [-0.2, -0.15) is 0 Å². The topological polar surface area (TPSA) is 75.8 Å². The predicted molar refractivity (Wildman–Crippen MR) is 82.9 cm³/mol. The quantitative estimate of drug-likeness (QED) is 0.847. The summed E-state index contributed by atoms with van der Waals surface area (Å²) in [5, 5.41) is 9.91. The molecule has 0 aromatic heterocycles. The number of carbonyl (C=O) groups excluding carboxylic acids is 1. The fourth-order valence-corrected chi connectivity index (χ4v) is 2.06. The number of benzene rings is 2. The molecule has 0 aliphatic heterocycles. The Morgan fingerprint density at radius 3 is 2.48 bits per heavy atom. The fourth-order valence-electron chi connectivity index (χ4n) is 2.06. The van der Waals surface area contributed by atoms with Gasteiger partial charge in [0, 0.05) is 17.9 Å². The second-order valence-electron chi connectivity index (χ2n) is 4.52. The molecule has 1 amide bonds. The van der Waals surface area contributed by atoms with Gasteiger partial charge in [0.25, 0.3) is 5.91 Å². The van der Waals surface area contributed by atoms with Gasteiger partial charge in [0.2, 0.25) is 0 Å². The van der Waals surface area contributed by atoms with Crippen molar-refractivity contribution in [2.45, 2.75) is 6.92 Å². The Balaban J connectivity index is 2.38. The second-order valence-corrected chi connectivity index (χ2v) is 4.52. The lowest BCUT2D eigenvalue weighted by molar-refractivity contribution is 0.0985. The summed E-state index contributed by atoms with van der Waals surface area (Å²) in [4.78, 5) is 14.2. The molecule has 0 aliphatic carbocycles. The molecule has 0 saturated carbocycles. The van der Waals surface area contributed by atoms with Crippen molar-refractivity contribution in [2.24, 2.45) is 0 Å². The Hall–Kier alpha value is -2.69. The maximum Gasteiger partial charge on any atom is 0.262 e. The average molecular weight is 286 g/mol. The van der Waals surface area contributed by atoms with E-state index < -0.39 is 0 Å². The first kappa shape index (κ1) is 14.7. The van der Waals surface area contributed by atoms with Crippen molar-refractivity contribution in [1.29, 1.82) is 0 Å². The predicted octanol–water partition coefficient (Wildman–Crippen LogP) is 2.65. The van der Waals surface area contributed by atoms with Gasteiger partial charge in [0.15, 0.2) is 0 Å². The van der Waals surface area contributed by atoms with Crippen molar-refractivity contribution in [3.63, 3.8) is 0 Å². The molecule has 0 aliphatic rings. The third-order valence-corrected chi connectivity index (χ3v) is 3.20. The smallest absolute Gasteiger partial charge is 0.262 e. The molecule has 2 aromatic rings. The molecule has 2 rings (SSSR count). The minimum atomic E-state index is -0.293. The summed E-state index contributed by atoms with van der Waals surface area (Å²) in [6, 6.07) is 11.6. The number of amides is 1. The van der Waals surface area contributed by atoms with Gasteiger partial charge >= 0.3 is 0 Å². The molecule has 0 radical (unpaired) electrons. The van der Waals surface area contributed by atoms with E-state index >= 15 is 0 Å². The van der Waals surface area contributed by atoms with E-state index in [4.69, 9.17) is 10.5 Å². The minimum absolute atomic E-state index is 0.0744. The zero-order valence-electron chi connectivity index (χ0n) is 12.0. The van der Waals surface area contributed by atoms with Crippen molar-refractivity contribution < 1.29 is 14.6 Å². The van der Waals surface area contributed by atoms with E-state index in [1.807, 2.05) is 6.92 Å². The number of hydrogen-bond acceptors (Lipinski definition) is 4. The molecular formula is C16H18N2O3. The van der Waals surface area contributed by atoms with Gasteiger partial charge in [-0.1, -0.05) is 0 Å². The highest BCUT2D eigenvalue weighted by molar-refractivity contribution is 6.08. The number of phenols is 1. The molecule has 0 fully saturated rings. The van der Waals surface area contributed by atoms with Crippen LogP contribution in [0.5, 0.6) is 11.5 Å². The van der Waals surface area contributed by atoms with Crippen LogP contribution in [0.1, 0.15) is 17.3 Å². The Bertz CT molecular complexity index is 638. The first-order chi connectivity index (χ1) is 10.1. The number of rotatable bonds is 4. The standard InChI is InChI=1S/C16H18N2O3/c1-3-18(12-6-4-11(17)5-7-12)16(20)14-10-13(21-2)8-9-15(14)19/h4-10,19H,3,17H2,1-2H3. The lowest BCUT2D eigenvalue weighted by Gasteiger charge is -2.22. The van der Waals surface area contributed by atoms with Crippen LogP contribution in [0.15, 0.2) is 42.5 Å². The molecule has 21 heavy (non-hydrogen) atoms. The van der Waals surface area contributed by atoms with Crippen LogP contribution < -0.4 is 15.4 Å². The van der Waals surface area contributed by atoms with Crippen molar-refractivity contribution in [3.8, 4) is 11.5 Å². The Morgan fingerprint density at radius 1 is 1.24 bits per heavy atom. The monoisotopic (exact) mass is 286 g/mol. The third-order valence-electron chi connectivity index (χ3n) is 3.20. The van der Waals surface area contributed by atoms with Crippen LogP contribution in [-0.2, 0) is 0 Å². The van der Waals surface area contributed by atoms with Gasteiger partial charge in [0.05, 0.1) is 12.7 Å². The van der Waals surface area contributed by atoms with Crippen molar-refractivity contribution >= 4 is 17.3 Å². The lowest BCUT2D eigenvalue weighted by atomic mass is 10.1. The van der Waals surface area contributed by atoms with Crippen LogP contribution in [-0.4, -0.2) is 24.7 Å². The van der Waals surface area contributed by atoms with Gasteiger partial charge in [-0.05, 0) is 49.4 Å². The molecule has 110 valence electrons. The van der Waals surface area contributed by atoms with E-state index in [0.717, 1.165) is 5.69 Å². The number of carbonyl (C=O) groups is 1. The van der Waals surface area contributed by atoms with Crippen LogP contribution in [0.3, 0.4) is 0 Å². The van der Waals surface area contributed by atoms with Gasteiger partial charge < -0.3 is 20.5 Å². The van der Waals surface area contributed by atoms with Crippen molar-refractivity contribution in [1.82, 2.24) is 0 Å². The van der Waals surface area contributed by atoms with Crippen LogP contribution >= 0.6 is 0 Å². The van der Waals surface area contributed by atoms with E-state index in [1.165, 1.54) is 19.2 Å².